The highest BCUT2D eigenvalue weighted by Gasteiger charge is 2.24. The molecule has 0 aliphatic rings. The Bertz CT molecular complexity index is 770. The van der Waals surface area contributed by atoms with Gasteiger partial charge >= 0.3 is 0 Å². The van der Waals surface area contributed by atoms with E-state index >= 15 is 0 Å². The number of amides is 1. The van der Waals surface area contributed by atoms with Crippen LogP contribution in [-0.4, -0.2) is 21.0 Å². The number of aromatic nitrogens is 3. The molecule has 2 aromatic heterocycles. The van der Waals surface area contributed by atoms with E-state index in [1.807, 2.05) is 38.1 Å². The zero-order valence-corrected chi connectivity index (χ0v) is 12.8. The molecule has 22 heavy (non-hydrogen) atoms. The lowest BCUT2D eigenvalue weighted by Crippen LogP contribution is -2.32. The number of nitrogens with one attached hydrogen (secondary N) is 2. The third kappa shape index (κ3) is 2.72. The van der Waals surface area contributed by atoms with Crippen LogP contribution in [0.25, 0.3) is 11.0 Å². The van der Waals surface area contributed by atoms with Gasteiger partial charge in [-0.05, 0) is 25.0 Å². The maximum Gasteiger partial charge on any atom is 0.290 e. The topological polar surface area (TPSA) is 83.8 Å². The maximum atomic E-state index is 12.3. The first-order valence-electron chi connectivity index (χ1n) is 7.23. The molecule has 3 rings (SSSR count). The zero-order chi connectivity index (χ0) is 15.7. The van der Waals surface area contributed by atoms with Crippen molar-refractivity contribution in [2.75, 3.05) is 0 Å². The quantitative estimate of drug-likeness (QED) is 0.775. The molecule has 1 aromatic carbocycles. The van der Waals surface area contributed by atoms with Gasteiger partial charge in [0.25, 0.3) is 5.91 Å². The minimum absolute atomic E-state index is 0.175. The number of benzene rings is 1. The van der Waals surface area contributed by atoms with Crippen molar-refractivity contribution < 1.29 is 9.32 Å². The number of hydrogen-bond acceptors (Lipinski definition) is 4. The smallest absolute Gasteiger partial charge is 0.290 e. The summed E-state index contributed by atoms with van der Waals surface area (Å²) in [7, 11) is 0. The van der Waals surface area contributed by atoms with E-state index in [1.54, 1.807) is 13.0 Å². The van der Waals surface area contributed by atoms with Crippen LogP contribution in [0.5, 0.6) is 0 Å². The molecule has 2 heterocycles. The molecule has 2 N–H and O–H groups in total. The predicted molar refractivity (Wildman–Crippen MR) is 82.4 cm³/mol. The predicted octanol–water partition coefficient (Wildman–Crippen LogP) is 2.99. The molecule has 0 bridgehead atoms. The molecule has 0 radical (unpaired) electrons. The highest BCUT2D eigenvalue weighted by molar-refractivity contribution is 5.91. The van der Waals surface area contributed by atoms with Gasteiger partial charge in [-0.2, -0.15) is 0 Å². The highest BCUT2D eigenvalue weighted by Crippen LogP contribution is 2.22. The van der Waals surface area contributed by atoms with Crippen LogP contribution >= 0.6 is 0 Å². The van der Waals surface area contributed by atoms with Crippen LogP contribution in [0.4, 0.5) is 0 Å². The summed E-state index contributed by atoms with van der Waals surface area (Å²) in [6.07, 6.45) is 0. The van der Waals surface area contributed by atoms with Crippen LogP contribution in [-0.2, 0) is 0 Å². The lowest BCUT2D eigenvalue weighted by Gasteiger charge is -2.19. The van der Waals surface area contributed by atoms with Crippen molar-refractivity contribution in [2.24, 2.45) is 5.92 Å². The van der Waals surface area contributed by atoms with Gasteiger partial charge in [-0.25, -0.2) is 4.98 Å². The Labute approximate surface area is 127 Å². The third-order valence-electron chi connectivity index (χ3n) is 3.51. The number of carbonyl (C=O) groups is 1. The molecule has 0 fully saturated rings. The fourth-order valence-corrected chi connectivity index (χ4v) is 2.35. The van der Waals surface area contributed by atoms with Crippen LogP contribution in [0.1, 0.15) is 42.0 Å². The normalized spacial score (nSPS) is 12.7. The largest absolute Gasteiger partial charge is 0.351 e. The number of rotatable bonds is 4. The molecular weight excluding hydrogens is 280 g/mol. The molecule has 114 valence electrons. The molecule has 3 aromatic rings. The van der Waals surface area contributed by atoms with E-state index in [1.165, 1.54) is 0 Å². The second-order valence-electron chi connectivity index (χ2n) is 5.67. The average Bonchev–Trinajstić information content (AvgIpc) is 3.09. The summed E-state index contributed by atoms with van der Waals surface area (Å²) < 4.78 is 5.01. The highest BCUT2D eigenvalue weighted by atomic mass is 16.5. The minimum atomic E-state index is -0.292. The first-order valence-corrected chi connectivity index (χ1v) is 7.23. The lowest BCUT2D eigenvalue weighted by molar-refractivity contribution is 0.0886. The molecule has 1 amide bonds. The molecule has 0 saturated carbocycles. The fraction of sp³-hybridized carbons (Fsp3) is 0.312. The lowest BCUT2D eigenvalue weighted by atomic mass is 10.0. The third-order valence-corrected chi connectivity index (χ3v) is 3.51. The van der Waals surface area contributed by atoms with E-state index in [9.17, 15) is 4.79 Å². The number of hydrogen-bond donors (Lipinski definition) is 2. The van der Waals surface area contributed by atoms with Gasteiger partial charge in [0.15, 0.2) is 0 Å². The standard InChI is InChI=1S/C16H18N4O2/c1-9(2)14(19-16(21)13-8-10(3)20-22-13)15-17-11-6-4-5-7-12(11)18-15/h4-9,14H,1-3H3,(H,17,18)(H,19,21). The fourth-order valence-electron chi connectivity index (χ4n) is 2.35. The first kappa shape index (κ1) is 14.3. The van der Waals surface area contributed by atoms with E-state index in [0.29, 0.717) is 5.69 Å². The minimum Gasteiger partial charge on any atom is -0.351 e. The summed E-state index contributed by atoms with van der Waals surface area (Å²) >= 11 is 0. The molecule has 1 atom stereocenters. The Hall–Kier alpha value is -2.63. The second kappa shape index (κ2) is 5.63. The molecular formula is C16H18N4O2. The summed E-state index contributed by atoms with van der Waals surface area (Å²) in [5.74, 6) is 0.827. The van der Waals surface area contributed by atoms with E-state index in [2.05, 4.69) is 20.4 Å². The van der Waals surface area contributed by atoms with Gasteiger partial charge in [-0.15, -0.1) is 0 Å². The van der Waals surface area contributed by atoms with Crippen LogP contribution in [0.3, 0.4) is 0 Å². The number of aromatic amines is 1. The van der Waals surface area contributed by atoms with Gasteiger partial charge in [0.1, 0.15) is 5.82 Å². The Morgan fingerprint density at radius 2 is 2.09 bits per heavy atom. The van der Waals surface area contributed by atoms with Gasteiger partial charge in [0.05, 0.1) is 22.8 Å². The number of fused-ring (bicyclic) bond motifs is 1. The summed E-state index contributed by atoms with van der Waals surface area (Å²) in [5.41, 5.74) is 2.51. The van der Waals surface area contributed by atoms with Crippen LogP contribution < -0.4 is 5.32 Å². The van der Waals surface area contributed by atoms with Crippen molar-refractivity contribution in [3.05, 3.63) is 47.6 Å². The maximum absolute atomic E-state index is 12.3. The Morgan fingerprint density at radius 1 is 1.32 bits per heavy atom. The number of nitrogens with zero attached hydrogens (tertiary/aromatic N) is 2. The SMILES string of the molecule is Cc1cc(C(=O)NC(c2nc3ccccc3[nH]2)C(C)C)on1. The average molecular weight is 298 g/mol. The molecule has 0 aliphatic carbocycles. The summed E-state index contributed by atoms with van der Waals surface area (Å²) in [5, 5.41) is 6.69. The van der Waals surface area contributed by atoms with Gasteiger partial charge in [0, 0.05) is 6.07 Å². The monoisotopic (exact) mass is 298 g/mol. The van der Waals surface area contributed by atoms with Gasteiger partial charge in [-0.3, -0.25) is 4.79 Å². The van der Waals surface area contributed by atoms with E-state index in [4.69, 9.17) is 4.52 Å². The van der Waals surface area contributed by atoms with E-state index < -0.39 is 0 Å². The van der Waals surface area contributed by atoms with Crippen molar-refractivity contribution in [2.45, 2.75) is 26.8 Å². The second-order valence-corrected chi connectivity index (χ2v) is 5.67. The Morgan fingerprint density at radius 3 is 2.73 bits per heavy atom. The van der Waals surface area contributed by atoms with Gasteiger partial charge in [-0.1, -0.05) is 31.1 Å². The van der Waals surface area contributed by atoms with Crippen molar-refractivity contribution >= 4 is 16.9 Å². The number of aryl methyl sites for hydroxylation is 1. The van der Waals surface area contributed by atoms with Crippen molar-refractivity contribution in [1.82, 2.24) is 20.4 Å². The summed E-state index contributed by atoms with van der Waals surface area (Å²) in [6.45, 7) is 5.84. The molecule has 0 spiro atoms. The first-order chi connectivity index (χ1) is 10.5. The van der Waals surface area contributed by atoms with Crippen molar-refractivity contribution in [3.8, 4) is 0 Å². The number of carbonyl (C=O) groups excluding carboxylic acids is 1. The molecule has 0 aliphatic heterocycles. The number of para-hydroxylation sites is 2. The summed E-state index contributed by atoms with van der Waals surface area (Å²) in [4.78, 5) is 20.1. The van der Waals surface area contributed by atoms with Gasteiger partial charge < -0.3 is 14.8 Å². The molecule has 6 heteroatoms. The zero-order valence-electron chi connectivity index (χ0n) is 12.8. The van der Waals surface area contributed by atoms with Crippen LogP contribution in [0.2, 0.25) is 0 Å². The van der Waals surface area contributed by atoms with Gasteiger partial charge in [0.2, 0.25) is 5.76 Å². The summed E-state index contributed by atoms with van der Waals surface area (Å²) in [6, 6.07) is 9.17. The van der Waals surface area contributed by atoms with Crippen LogP contribution in [0.15, 0.2) is 34.9 Å². The number of imidazole rings is 1. The van der Waals surface area contributed by atoms with E-state index in [0.717, 1.165) is 16.9 Å². The Kier molecular flexibility index (Phi) is 3.66. The van der Waals surface area contributed by atoms with Crippen molar-refractivity contribution in [3.63, 3.8) is 0 Å². The molecule has 1 unspecified atom stereocenters. The molecule has 0 saturated heterocycles. The number of H-pyrrole nitrogens is 1. The molecule has 6 nitrogen and oxygen atoms in total. The van der Waals surface area contributed by atoms with Crippen LogP contribution in [0, 0.1) is 12.8 Å². The Balaban J connectivity index is 1.88. The van der Waals surface area contributed by atoms with E-state index in [-0.39, 0.29) is 23.6 Å². The van der Waals surface area contributed by atoms with Crippen molar-refractivity contribution in [1.29, 1.82) is 0 Å².